The van der Waals surface area contributed by atoms with Crippen molar-refractivity contribution in [2.75, 3.05) is 5.32 Å². The van der Waals surface area contributed by atoms with Gasteiger partial charge in [-0.25, -0.2) is 9.97 Å². The predicted octanol–water partition coefficient (Wildman–Crippen LogP) is 4.29. The standard InChI is InChI=1S/C14H15N3S2/c1-8-9(2)19-14-12(8)13(16-10(3)17-14)15-7-11-5-4-6-18-11/h4-6H,7H2,1-3H3,(H,15,16,17). The third-order valence-corrected chi connectivity index (χ3v) is 5.13. The first-order valence-corrected chi connectivity index (χ1v) is 7.85. The van der Waals surface area contributed by atoms with Crippen molar-refractivity contribution in [1.29, 1.82) is 0 Å². The highest BCUT2D eigenvalue weighted by molar-refractivity contribution is 7.18. The van der Waals surface area contributed by atoms with Gasteiger partial charge in [-0.3, -0.25) is 0 Å². The number of fused-ring (bicyclic) bond motifs is 1. The summed E-state index contributed by atoms with van der Waals surface area (Å²) in [6.45, 7) is 7.04. The molecule has 0 aliphatic carbocycles. The largest absolute Gasteiger partial charge is 0.365 e. The SMILES string of the molecule is Cc1nc(NCc2cccs2)c2c(C)c(C)sc2n1. The van der Waals surface area contributed by atoms with E-state index in [1.165, 1.54) is 20.7 Å². The molecule has 3 aromatic rings. The summed E-state index contributed by atoms with van der Waals surface area (Å²) in [4.78, 5) is 12.8. The summed E-state index contributed by atoms with van der Waals surface area (Å²) in [7, 11) is 0. The third-order valence-electron chi connectivity index (χ3n) is 3.15. The van der Waals surface area contributed by atoms with E-state index >= 15 is 0 Å². The Morgan fingerprint density at radius 1 is 1.21 bits per heavy atom. The van der Waals surface area contributed by atoms with E-state index in [-0.39, 0.29) is 0 Å². The molecule has 0 saturated heterocycles. The van der Waals surface area contributed by atoms with Crippen LogP contribution in [0, 0.1) is 20.8 Å². The van der Waals surface area contributed by atoms with Crippen molar-refractivity contribution >= 4 is 38.7 Å². The molecule has 0 fully saturated rings. The lowest BCUT2D eigenvalue weighted by Gasteiger charge is -2.07. The predicted molar refractivity (Wildman–Crippen MR) is 83.3 cm³/mol. The molecule has 0 unspecified atom stereocenters. The molecule has 0 aromatic carbocycles. The molecular formula is C14H15N3S2. The van der Waals surface area contributed by atoms with Gasteiger partial charge in [0.05, 0.1) is 11.9 Å². The number of nitrogens with zero attached hydrogens (tertiary/aromatic N) is 2. The lowest BCUT2D eigenvalue weighted by Crippen LogP contribution is -2.02. The maximum absolute atomic E-state index is 4.56. The van der Waals surface area contributed by atoms with Crippen LogP contribution in [0.15, 0.2) is 17.5 Å². The number of nitrogens with one attached hydrogen (secondary N) is 1. The van der Waals surface area contributed by atoms with E-state index in [2.05, 4.69) is 46.6 Å². The summed E-state index contributed by atoms with van der Waals surface area (Å²) in [5, 5.41) is 6.72. The minimum absolute atomic E-state index is 0.817. The summed E-state index contributed by atoms with van der Waals surface area (Å²) >= 11 is 3.50. The summed E-state index contributed by atoms with van der Waals surface area (Å²) < 4.78 is 0. The minimum atomic E-state index is 0.817. The number of hydrogen-bond acceptors (Lipinski definition) is 5. The number of anilines is 1. The van der Waals surface area contributed by atoms with Gasteiger partial charge in [0.15, 0.2) is 0 Å². The topological polar surface area (TPSA) is 37.8 Å². The first-order valence-electron chi connectivity index (χ1n) is 6.15. The van der Waals surface area contributed by atoms with Gasteiger partial charge in [-0.05, 0) is 37.8 Å². The maximum Gasteiger partial charge on any atom is 0.139 e. The van der Waals surface area contributed by atoms with E-state index in [0.717, 1.165) is 23.0 Å². The summed E-state index contributed by atoms with van der Waals surface area (Å²) in [6.07, 6.45) is 0. The van der Waals surface area contributed by atoms with Crippen molar-refractivity contribution in [1.82, 2.24) is 9.97 Å². The molecule has 3 aromatic heterocycles. The Kier molecular flexibility index (Phi) is 3.24. The van der Waals surface area contributed by atoms with Crippen LogP contribution in [0.5, 0.6) is 0 Å². The average Bonchev–Trinajstić information content (AvgIpc) is 2.96. The first kappa shape index (κ1) is 12.6. The van der Waals surface area contributed by atoms with Crippen molar-refractivity contribution < 1.29 is 0 Å². The van der Waals surface area contributed by atoms with Crippen molar-refractivity contribution in [3.63, 3.8) is 0 Å². The molecule has 3 nitrogen and oxygen atoms in total. The van der Waals surface area contributed by atoms with E-state index in [4.69, 9.17) is 0 Å². The van der Waals surface area contributed by atoms with Gasteiger partial charge in [0.25, 0.3) is 0 Å². The highest BCUT2D eigenvalue weighted by Gasteiger charge is 2.13. The van der Waals surface area contributed by atoms with Crippen LogP contribution in [0.2, 0.25) is 0 Å². The van der Waals surface area contributed by atoms with Gasteiger partial charge in [-0.2, -0.15) is 0 Å². The molecule has 0 amide bonds. The Morgan fingerprint density at radius 2 is 2.05 bits per heavy atom. The Labute approximate surface area is 120 Å². The van der Waals surface area contributed by atoms with Crippen LogP contribution in [0.3, 0.4) is 0 Å². The quantitative estimate of drug-likeness (QED) is 0.781. The van der Waals surface area contributed by atoms with Gasteiger partial charge in [0, 0.05) is 9.75 Å². The number of hydrogen-bond donors (Lipinski definition) is 1. The summed E-state index contributed by atoms with van der Waals surface area (Å²) in [5.41, 5.74) is 1.29. The average molecular weight is 289 g/mol. The summed E-state index contributed by atoms with van der Waals surface area (Å²) in [5.74, 6) is 1.78. The van der Waals surface area contributed by atoms with Gasteiger partial charge < -0.3 is 5.32 Å². The number of thiophene rings is 2. The lowest BCUT2D eigenvalue weighted by atomic mass is 10.2. The maximum atomic E-state index is 4.56. The molecule has 0 bridgehead atoms. The normalized spacial score (nSPS) is 11.1. The number of aryl methyl sites for hydroxylation is 3. The van der Waals surface area contributed by atoms with Gasteiger partial charge >= 0.3 is 0 Å². The molecule has 98 valence electrons. The minimum Gasteiger partial charge on any atom is -0.365 e. The van der Waals surface area contributed by atoms with Crippen LogP contribution in [0.4, 0.5) is 5.82 Å². The fourth-order valence-corrected chi connectivity index (χ4v) is 3.79. The van der Waals surface area contributed by atoms with Crippen molar-refractivity contribution in [2.24, 2.45) is 0 Å². The zero-order valence-electron chi connectivity index (χ0n) is 11.2. The highest BCUT2D eigenvalue weighted by Crippen LogP contribution is 2.33. The second-order valence-corrected chi connectivity index (χ2v) is 6.75. The van der Waals surface area contributed by atoms with Gasteiger partial charge in [-0.1, -0.05) is 6.07 Å². The molecule has 1 N–H and O–H groups in total. The van der Waals surface area contributed by atoms with Crippen LogP contribution in [0.25, 0.3) is 10.2 Å². The van der Waals surface area contributed by atoms with Crippen LogP contribution < -0.4 is 5.32 Å². The van der Waals surface area contributed by atoms with E-state index in [0.29, 0.717) is 0 Å². The molecule has 0 aliphatic heterocycles. The summed E-state index contributed by atoms with van der Waals surface area (Å²) in [6, 6.07) is 4.21. The molecule has 0 radical (unpaired) electrons. The van der Waals surface area contributed by atoms with Crippen molar-refractivity contribution in [3.05, 3.63) is 38.7 Å². The molecule has 0 spiro atoms. The fraction of sp³-hybridized carbons (Fsp3) is 0.286. The van der Waals surface area contributed by atoms with E-state index in [1.54, 1.807) is 22.7 Å². The second kappa shape index (κ2) is 4.90. The molecule has 19 heavy (non-hydrogen) atoms. The molecule has 3 heterocycles. The molecular weight excluding hydrogens is 274 g/mol. The Hall–Kier alpha value is -1.46. The Morgan fingerprint density at radius 3 is 2.79 bits per heavy atom. The number of rotatable bonds is 3. The molecule has 5 heteroatoms. The van der Waals surface area contributed by atoms with Crippen LogP contribution in [-0.2, 0) is 6.54 Å². The van der Waals surface area contributed by atoms with Crippen LogP contribution >= 0.6 is 22.7 Å². The first-order chi connectivity index (χ1) is 9.15. The highest BCUT2D eigenvalue weighted by atomic mass is 32.1. The van der Waals surface area contributed by atoms with E-state index in [1.807, 2.05) is 6.92 Å². The smallest absolute Gasteiger partial charge is 0.139 e. The fourth-order valence-electron chi connectivity index (χ4n) is 2.07. The number of aromatic nitrogens is 2. The van der Waals surface area contributed by atoms with Gasteiger partial charge in [0.1, 0.15) is 16.5 Å². The van der Waals surface area contributed by atoms with Crippen LogP contribution in [-0.4, -0.2) is 9.97 Å². The Bertz CT molecular complexity index is 714. The van der Waals surface area contributed by atoms with Crippen molar-refractivity contribution in [2.45, 2.75) is 27.3 Å². The monoisotopic (exact) mass is 289 g/mol. The van der Waals surface area contributed by atoms with Gasteiger partial charge in [-0.15, -0.1) is 22.7 Å². The zero-order valence-corrected chi connectivity index (χ0v) is 12.8. The lowest BCUT2D eigenvalue weighted by molar-refractivity contribution is 1.06. The molecule has 3 rings (SSSR count). The zero-order chi connectivity index (χ0) is 13.4. The van der Waals surface area contributed by atoms with Gasteiger partial charge in [0.2, 0.25) is 0 Å². The third kappa shape index (κ3) is 2.35. The molecule has 0 saturated carbocycles. The van der Waals surface area contributed by atoms with E-state index < -0.39 is 0 Å². The van der Waals surface area contributed by atoms with E-state index in [9.17, 15) is 0 Å². The second-order valence-electron chi connectivity index (χ2n) is 4.52. The molecule has 0 aliphatic rings. The molecule has 0 atom stereocenters. The van der Waals surface area contributed by atoms with Crippen LogP contribution in [0.1, 0.15) is 21.1 Å². The van der Waals surface area contributed by atoms with Crippen molar-refractivity contribution in [3.8, 4) is 0 Å². The Balaban J connectivity index is 2.01.